The lowest BCUT2D eigenvalue weighted by Gasteiger charge is -2.60. The molecule has 0 aromatic rings. The molecule has 0 heterocycles. The topological polar surface area (TPSA) is 0 Å². The highest BCUT2D eigenvalue weighted by Gasteiger charge is 2.53. The van der Waals surface area contributed by atoms with Crippen molar-refractivity contribution in [1.82, 2.24) is 0 Å². The standard InChI is InChI=1S/C15H28/c1-11(2)8-15-7-6-14(5,9-13(15)4)12(3)10-15/h11-13H,6-10H2,1-5H3. The van der Waals surface area contributed by atoms with Gasteiger partial charge in [-0.2, -0.15) is 0 Å². The molecular formula is C15H28. The third-order valence-electron chi connectivity index (χ3n) is 5.73. The monoisotopic (exact) mass is 208 g/mol. The highest BCUT2D eigenvalue weighted by molar-refractivity contribution is 5.03. The van der Waals surface area contributed by atoms with Crippen molar-refractivity contribution in [2.45, 2.75) is 66.7 Å². The molecule has 0 nitrogen and oxygen atoms in total. The Hall–Kier alpha value is 0. The first-order chi connectivity index (χ1) is 6.88. The van der Waals surface area contributed by atoms with Crippen molar-refractivity contribution in [3.63, 3.8) is 0 Å². The van der Waals surface area contributed by atoms with Gasteiger partial charge in [0.2, 0.25) is 0 Å². The Labute approximate surface area is 95.8 Å². The van der Waals surface area contributed by atoms with Crippen LogP contribution in [0, 0.1) is 28.6 Å². The molecule has 0 heteroatoms. The summed E-state index contributed by atoms with van der Waals surface area (Å²) in [4.78, 5) is 0. The smallest absolute Gasteiger partial charge is 0.0266 e. The van der Waals surface area contributed by atoms with E-state index in [2.05, 4.69) is 34.6 Å². The first kappa shape index (κ1) is 11.5. The van der Waals surface area contributed by atoms with Crippen LogP contribution in [0.2, 0.25) is 0 Å². The maximum absolute atomic E-state index is 2.53. The van der Waals surface area contributed by atoms with E-state index in [4.69, 9.17) is 0 Å². The van der Waals surface area contributed by atoms with Crippen molar-refractivity contribution in [3.8, 4) is 0 Å². The molecule has 3 rings (SSSR count). The Morgan fingerprint density at radius 2 is 1.73 bits per heavy atom. The summed E-state index contributed by atoms with van der Waals surface area (Å²) in [6, 6.07) is 0. The van der Waals surface area contributed by atoms with Gasteiger partial charge in [0.25, 0.3) is 0 Å². The predicted molar refractivity (Wildman–Crippen MR) is 66.8 cm³/mol. The molecule has 0 radical (unpaired) electrons. The molecule has 88 valence electrons. The van der Waals surface area contributed by atoms with E-state index in [1.54, 1.807) is 0 Å². The van der Waals surface area contributed by atoms with Crippen LogP contribution in [0.1, 0.15) is 66.7 Å². The zero-order valence-corrected chi connectivity index (χ0v) is 11.3. The van der Waals surface area contributed by atoms with Crippen molar-refractivity contribution < 1.29 is 0 Å². The molecule has 0 N–H and O–H groups in total. The molecule has 3 aliphatic carbocycles. The van der Waals surface area contributed by atoms with E-state index in [-0.39, 0.29) is 0 Å². The van der Waals surface area contributed by atoms with Crippen molar-refractivity contribution in [2.24, 2.45) is 28.6 Å². The fraction of sp³-hybridized carbons (Fsp3) is 1.00. The summed E-state index contributed by atoms with van der Waals surface area (Å²) in [7, 11) is 0. The zero-order chi connectivity index (χ0) is 11.3. The van der Waals surface area contributed by atoms with Crippen LogP contribution in [0.4, 0.5) is 0 Å². The summed E-state index contributed by atoms with van der Waals surface area (Å²) in [6.07, 6.45) is 7.46. The van der Waals surface area contributed by atoms with Crippen LogP contribution in [0.25, 0.3) is 0 Å². The third kappa shape index (κ3) is 1.74. The molecule has 0 aromatic carbocycles. The van der Waals surface area contributed by atoms with Crippen LogP contribution in [-0.2, 0) is 0 Å². The molecule has 4 atom stereocenters. The van der Waals surface area contributed by atoms with Crippen LogP contribution in [0.3, 0.4) is 0 Å². The minimum absolute atomic E-state index is 0.679. The molecule has 15 heavy (non-hydrogen) atoms. The van der Waals surface area contributed by atoms with Gasteiger partial charge >= 0.3 is 0 Å². The molecule has 0 amide bonds. The number of fused-ring (bicyclic) bond motifs is 3. The van der Waals surface area contributed by atoms with Crippen molar-refractivity contribution in [2.75, 3.05) is 0 Å². The fourth-order valence-corrected chi connectivity index (χ4v) is 4.61. The first-order valence-corrected chi connectivity index (χ1v) is 6.88. The van der Waals surface area contributed by atoms with Gasteiger partial charge in [-0.3, -0.25) is 0 Å². The van der Waals surface area contributed by atoms with Crippen molar-refractivity contribution in [1.29, 1.82) is 0 Å². The average molecular weight is 208 g/mol. The Morgan fingerprint density at radius 3 is 2.20 bits per heavy atom. The van der Waals surface area contributed by atoms with E-state index >= 15 is 0 Å². The SMILES string of the molecule is CC(C)CC12CCC(C)(CC1C)C(C)C2. The summed E-state index contributed by atoms with van der Waals surface area (Å²) in [5, 5.41) is 0. The largest absolute Gasteiger partial charge is 0.0628 e. The molecule has 3 fully saturated rings. The molecular weight excluding hydrogens is 180 g/mol. The van der Waals surface area contributed by atoms with Gasteiger partial charge in [0.1, 0.15) is 0 Å². The summed E-state index contributed by atoms with van der Waals surface area (Å²) in [5.41, 5.74) is 1.39. The Morgan fingerprint density at radius 1 is 1.07 bits per heavy atom. The molecule has 0 spiro atoms. The molecule has 3 aliphatic rings. The van der Waals surface area contributed by atoms with E-state index in [1.807, 2.05) is 0 Å². The van der Waals surface area contributed by atoms with Gasteiger partial charge < -0.3 is 0 Å². The number of rotatable bonds is 2. The summed E-state index contributed by atoms with van der Waals surface area (Å²) in [5.74, 6) is 2.80. The molecule has 0 saturated heterocycles. The fourth-order valence-electron chi connectivity index (χ4n) is 4.61. The van der Waals surface area contributed by atoms with Gasteiger partial charge in [-0.05, 0) is 60.7 Å². The van der Waals surface area contributed by atoms with E-state index in [0.29, 0.717) is 10.8 Å². The summed E-state index contributed by atoms with van der Waals surface area (Å²) in [6.45, 7) is 12.3. The Bertz CT molecular complexity index is 242. The second-order valence-electron chi connectivity index (χ2n) is 7.32. The number of hydrogen-bond acceptors (Lipinski definition) is 0. The zero-order valence-electron chi connectivity index (χ0n) is 11.3. The Kier molecular flexibility index (Phi) is 2.68. The maximum atomic E-state index is 2.53. The predicted octanol–water partition coefficient (Wildman–Crippen LogP) is 4.89. The second-order valence-corrected chi connectivity index (χ2v) is 7.32. The quantitative estimate of drug-likeness (QED) is 0.606. The molecule has 4 unspecified atom stereocenters. The van der Waals surface area contributed by atoms with Gasteiger partial charge in [-0.15, -0.1) is 0 Å². The lowest BCUT2D eigenvalue weighted by Crippen LogP contribution is -2.50. The molecule has 3 saturated carbocycles. The van der Waals surface area contributed by atoms with Crippen LogP contribution >= 0.6 is 0 Å². The highest BCUT2D eigenvalue weighted by atomic mass is 14.6. The van der Waals surface area contributed by atoms with Gasteiger partial charge in [0.05, 0.1) is 0 Å². The Balaban J connectivity index is 2.20. The van der Waals surface area contributed by atoms with Crippen LogP contribution in [0.15, 0.2) is 0 Å². The van der Waals surface area contributed by atoms with Gasteiger partial charge in [0, 0.05) is 0 Å². The van der Waals surface area contributed by atoms with E-state index in [1.165, 1.54) is 32.1 Å². The van der Waals surface area contributed by atoms with Crippen LogP contribution < -0.4 is 0 Å². The van der Waals surface area contributed by atoms with Crippen molar-refractivity contribution >= 4 is 0 Å². The summed E-state index contributed by atoms with van der Waals surface area (Å²) >= 11 is 0. The van der Waals surface area contributed by atoms with Crippen LogP contribution in [0.5, 0.6) is 0 Å². The second kappa shape index (κ2) is 3.50. The first-order valence-electron chi connectivity index (χ1n) is 6.88. The van der Waals surface area contributed by atoms with E-state index in [9.17, 15) is 0 Å². The average Bonchev–Trinajstić information content (AvgIpc) is 2.09. The lowest BCUT2D eigenvalue weighted by molar-refractivity contribution is -0.0987. The normalized spacial score (nSPS) is 50.0. The lowest BCUT2D eigenvalue weighted by atomic mass is 9.45. The molecule has 0 aliphatic heterocycles. The maximum Gasteiger partial charge on any atom is -0.0266 e. The van der Waals surface area contributed by atoms with E-state index in [0.717, 1.165) is 17.8 Å². The number of hydrogen-bond donors (Lipinski definition) is 0. The molecule has 0 aromatic heterocycles. The third-order valence-corrected chi connectivity index (χ3v) is 5.73. The minimum Gasteiger partial charge on any atom is -0.0628 e. The van der Waals surface area contributed by atoms with Crippen molar-refractivity contribution in [3.05, 3.63) is 0 Å². The summed E-state index contributed by atoms with van der Waals surface area (Å²) < 4.78 is 0. The van der Waals surface area contributed by atoms with E-state index < -0.39 is 0 Å². The molecule has 2 bridgehead atoms. The highest BCUT2D eigenvalue weighted by Crippen LogP contribution is 2.63. The van der Waals surface area contributed by atoms with Gasteiger partial charge in [0.15, 0.2) is 0 Å². The van der Waals surface area contributed by atoms with Crippen LogP contribution in [-0.4, -0.2) is 0 Å². The van der Waals surface area contributed by atoms with Gasteiger partial charge in [-0.1, -0.05) is 34.6 Å². The van der Waals surface area contributed by atoms with Gasteiger partial charge in [-0.25, -0.2) is 0 Å². The minimum atomic E-state index is 0.679.